The van der Waals surface area contributed by atoms with Crippen molar-refractivity contribution in [2.24, 2.45) is 0 Å². The first-order chi connectivity index (χ1) is 33.0. The zero-order chi connectivity index (χ0) is 44.5. The fourth-order valence-electron chi connectivity index (χ4n) is 13.0. The van der Waals surface area contributed by atoms with Gasteiger partial charge in [-0.05, 0) is 90.5 Å². The zero-order valence-corrected chi connectivity index (χ0v) is 38.5. The number of hydrogen-bond donors (Lipinski definition) is 0. The van der Waals surface area contributed by atoms with E-state index in [0.29, 0.717) is 0 Å². The van der Waals surface area contributed by atoms with Gasteiger partial charge in [-0.25, -0.2) is 0 Å². The van der Waals surface area contributed by atoms with Gasteiger partial charge < -0.3 is 9.13 Å². The summed E-state index contributed by atoms with van der Waals surface area (Å²) in [5, 5.41) is 10.5. The van der Waals surface area contributed by atoms with Crippen molar-refractivity contribution in [1.29, 1.82) is 0 Å². The first-order valence-electron chi connectivity index (χ1n) is 23.6. The maximum atomic E-state index is 2.63. The van der Waals surface area contributed by atoms with Crippen molar-refractivity contribution in [3.05, 3.63) is 276 Å². The van der Waals surface area contributed by atoms with Crippen LogP contribution in [0.3, 0.4) is 0 Å². The second-order valence-corrected chi connectivity index (χ2v) is 23.0. The minimum Gasteiger partial charge on any atom is -0.309 e. The smallest absolute Gasteiger partial charge is 0.179 e. The SMILES string of the molecule is CC1(C)c2ccccc2C2(c3ccc([Si](c4ccccc4)(c4ccccc4)c4ccc5c(c4)c4ccccc4n5-c4ccccc4)cc3-n3c4ccccc4c4cccc2c43)c2ccccc21. The summed E-state index contributed by atoms with van der Waals surface area (Å²) in [6.45, 7) is 4.82. The molecule has 1 spiro atoms. The fourth-order valence-corrected chi connectivity index (χ4v) is 17.8. The Labute approximate surface area is 391 Å². The molecular weight excluding hydrogens is 825 g/mol. The summed E-state index contributed by atoms with van der Waals surface area (Å²) in [5.74, 6) is 0. The van der Waals surface area contributed by atoms with Gasteiger partial charge in [-0.3, -0.25) is 0 Å². The molecule has 0 unspecified atom stereocenters. The summed E-state index contributed by atoms with van der Waals surface area (Å²) >= 11 is 0. The van der Waals surface area contributed by atoms with E-state index in [4.69, 9.17) is 0 Å². The van der Waals surface area contributed by atoms with E-state index >= 15 is 0 Å². The van der Waals surface area contributed by atoms with Crippen molar-refractivity contribution in [2.45, 2.75) is 24.7 Å². The van der Waals surface area contributed by atoms with Gasteiger partial charge in [0.25, 0.3) is 0 Å². The Kier molecular flexibility index (Phi) is 8.01. The van der Waals surface area contributed by atoms with Gasteiger partial charge in [0.2, 0.25) is 0 Å². The van der Waals surface area contributed by atoms with Gasteiger partial charge in [-0.1, -0.05) is 220 Å². The standard InChI is InChI=1S/C64H46N2Si/c1-63(2)52-30-14-16-32-54(52)64(55-33-17-15-31-53(55)63)56-39-37-47(42-61(56)66-59-36-19-12-27-48(59)50-29-20-34-57(64)62(50)66)67(44-23-8-4-9-24-44,45-25-10-5-11-26-45)46-38-40-60-51(41-46)49-28-13-18-35-58(49)65(60)43-21-6-3-7-22-43/h3-42H,1-2H3. The molecule has 1 aliphatic carbocycles. The maximum Gasteiger partial charge on any atom is 0.179 e. The van der Waals surface area contributed by atoms with Crippen molar-refractivity contribution in [2.75, 3.05) is 0 Å². The highest BCUT2D eigenvalue weighted by Gasteiger charge is 2.53. The first-order valence-corrected chi connectivity index (χ1v) is 25.6. The molecule has 0 saturated heterocycles. The number of fused-ring (bicyclic) bond motifs is 14. The van der Waals surface area contributed by atoms with Gasteiger partial charge >= 0.3 is 0 Å². The van der Waals surface area contributed by atoms with Gasteiger partial charge in [-0.15, -0.1) is 0 Å². The van der Waals surface area contributed by atoms with E-state index in [1.165, 1.54) is 109 Å². The number of para-hydroxylation sites is 4. The average Bonchev–Trinajstić information content (AvgIpc) is 3.91. The Balaban J connectivity index is 1.15. The molecule has 0 fully saturated rings. The van der Waals surface area contributed by atoms with Crippen LogP contribution in [0.25, 0.3) is 55.0 Å². The van der Waals surface area contributed by atoms with Gasteiger partial charge in [0.1, 0.15) is 0 Å². The molecule has 1 aliphatic heterocycles. The van der Waals surface area contributed by atoms with Crippen molar-refractivity contribution >= 4 is 72.4 Å². The van der Waals surface area contributed by atoms with Crippen LogP contribution < -0.4 is 20.7 Å². The summed E-state index contributed by atoms with van der Waals surface area (Å²) in [5.41, 5.74) is 14.8. The largest absolute Gasteiger partial charge is 0.309 e. The van der Waals surface area contributed by atoms with Crippen LogP contribution in [-0.2, 0) is 10.8 Å². The van der Waals surface area contributed by atoms with Crippen LogP contribution >= 0.6 is 0 Å². The molecule has 0 radical (unpaired) electrons. The van der Waals surface area contributed by atoms with Gasteiger partial charge in [0.05, 0.1) is 33.2 Å². The van der Waals surface area contributed by atoms with Gasteiger partial charge in [0, 0.05) is 32.6 Å². The van der Waals surface area contributed by atoms with E-state index in [1.807, 2.05) is 0 Å². The van der Waals surface area contributed by atoms with Gasteiger partial charge in [0.15, 0.2) is 8.07 Å². The Bertz CT molecular complexity index is 3860. The van der Waals surface area contributed by atoms with Crippen LogP contribution in [0.15, 0.2) is 243 Å². The lowest BCUT2D eigenvalue weighted by Gasteiger charge is -2.50. The average molecular weight is 871 g/mol. The molecule has 3 heterocycles. The molecule has 2 aliphatic rings. The normalized spacial score (nSPS) is 14.4. The first kappa shape index (κ1) is 38.3. The molecule has 10 aromatic carbocycles. The summed E-state index contributed by atoms with van der Waals surface area (Å²) < 4.78 is 5.06. The third kappa shape index (κ3) is 4.94. The molecule has 0 amide bonds. The van der Waals surface area contributed by atoms with Crippen LogP contribution in [-0.4, -0.2) is 17.2 Å². The molecule has 316 valence electrons. The molecule has 0 saturated carbocycles. The van der Waals surface area contributed by atoms with E-state index in [1.54, 1.807) is 0 Å². The Morgan fingerprint density at radius 1 is 0.313 bits per heavy atom. The minimum atomic E-state index is -3.11. The van der Waals surface area contributed by atoms with Crippen LogP contribution in [0.1, 0.15) is 47.2 Å². The molecule has 0 bridgehead atoms. The maximum absolute atomic E-state index is 3.11. The van der Waals surface area contributed by atoms with E-state index in [-0.39, 0.29) is 5.41 Å². The van der Waals surface area contributed by atoms with Crippen LogP contribution in [0, 0.1) is 0 Å². The molecular formula is C64H46N2Si. The molecule has 67 heavy (non-hydrogen) atoms. The summed E-state index contributed by atoms with van der Waals surface area (Å²) in [6, 6.07) is 92.5. The number of hydrogen-bond acceptors (Lipinski definition) is 0. The lowest BCUT2D eigenvalue weighted by Crippen LogP contribution is -2.74. The predicted molar refractivity (Wildman–Crippen MR) is 283 cm³/mol. The van der Waals surface area contributed by atoms with E-state index in [9.17, 15) is 0 Å². The Morgan fingerprint density at radius 2 is 0.776 bits per heavy atom. The number of nitrogens with zero attached hydrogens (tertiary/aromatic N) is 2. The lowest BCUT2D eigenvalue weighted by atomic mass is 9.53. The van der Waals surface area contributed by atoms with Crippen molar-refractivity contribution in [3.8, 4) is 11.4 Å². The topological polar surface area (TPSA) is 9.86 Å². The quantitative estimate of drug-likeness (QED) is 0.120. The highest BCUT2D eigenvalue weighted by Crippen LogP contribution is 2.60. The Morgan fingerprint density at radius 3 is 1.42 bits per heavy atom. The van der Waals surface area contributed by atoms with Crippen molar-refractivity contribution in [1.82, 2.24) is 9.13 Å². The van der Waals surface area contributed by atoms with Gasteiger partial charge in [-0.2, -0.15) is 0 Å². The molecule has 12 aromatic rings. The third-order valence-corrected chi connectivity index (χ3v) is 20.5. The fraction of sp³-hybridized carbons (Fsp3) is 0.0625. The lowest BCUT2D eigenvalue weighted by molar-refractivity contribution is 0.556. The van der Waals surface area contributed by atoms with Crippen molar-refractivity contribution in [3.63, 3.8) is 0 Å². The molecule has 14 rings (SSSR count). The molecule has 3 heteroatoms. The monoisotopic (exact) mass is 870 g/mol. The molecule has 0 atom stereocenters. The summed E-state index contributed by atoms with van der Waals surface area (Å²) in [4.78, 5) is 0. The Hall–Kier alpha value is -7.98. The number of aromatic nitrogens is 2. The van der Waals surface area contributed by atoms with E-state index in [0.717, 1.165) is 0 Å². The second-order valence-electron chi connectivity index (χ2n) is 19.2. The molecule has 0 N–H and O–H groups in total. The highest BCUT2D eigenvalue weighted by molar-refractivity contribution is 7.20. The summed E-state index contributed by atoms with van der Waals surface area (Å²) in [7, 11) is -3.11. The highest BCUT2D eigenvalue weighted by atomic mass is 28.3. The minimum absolute atomic E-state index is 0.193. The predicted octanol–water partition coefficient (Wildman–Crippen LogP) is 12.6. The molecule has 2 nitrogen and oxygen atoms in total. The third-order valence-electron chi connectivity index (χ3n) is 15.7. The second kappa shape index (κ2) is 14.0. The zero-order valence-electron chi connectivity index (χ0n) is 37.5. The number of benzene rings is 10. The number of rotatable bonds is 5. The van der Waals surface area contributed by atoms with Crippen LogP contribution in [0.4, 0.5) is 0 Å². The molecule has 2 aromatic heterocycles. The van der Waals surface area contributed by atoms with Crippen LogP contribution in [0.2, 0.25) is 0 Å². The van der Waals surface area contributed by atoms with E-state index in [2.05, 4.69) is 266 Å². The van der Waals surface area contributed by atoms with E-state index < -0.39 is 13.5 Å². The van der Waals surface area contributed by atoms with Crippen molar-refractivity contribution < 1.29 is 0 Å². The van der Waals surface area contributed by atoms with Crippen LogP contribution in [0.5, 0.6) is 0 Å². The summed E-state index contributed by atoms with van der Waals surface area (Å²) in [6.07, 6.45) is 0.